The summed E-state index contributed by atoms with van der Waals surface area (Å²) in [6.07, 6.45) is -0.497. The summed E-state index contributed by atoms with van der Waals surface area (Å²) in [5, 5.41) is 5.96. The summed E-state index contributed by atoms with van der Waals surface area (Å²) < 4.78 is 39.2. The fraction of sp³-hybridized carbons (Fsp3) is 0.611. The molecule has 3 nitrogen and oxygen atoms in total. The summed E-state index contributed by atoms with van der Waals surface area (Å²) in [7, 11) is 1.81. The first-order valence-electron chi connectivity index (χ1n) is 8.43. The zero-order valence-electron chi connectivity index (χ0n) is 14.2. The van der Waals surface area contributed by atoms with Crippen LogP contribution in [0.4, 0.5) is 13.2 Å². The number of carbonyl (C=O) groups is 1. The quantitative estimate of drug-likeness (QED) is 0.858. The van der Waals surface area contributed by atoms with E-state index in [-0.39, 0.29) is 11.9 Å². The highest BCUT2D eigenvalue weighted by Crippen LogP contribution is 2.41. The van der Waals surface area contributed by atoms with Crippen LogP contribution < -0.4 is 10.6 Å². The number of rotatable bonds is 5. The van der Waals surface area contributed by atoms with Gasteiger partial charge in [-0.3, -0.25) is 4.79 Å². The molecule has 2 rings (SSSR count). The number of carbonyl (C=O) groups excluding carboxylic acids is 1. The lowest BCUT2D eigenvalue weighted by Gasteiger charge is -2.37. The summed E-state index contributed by atoms with van der Waals surface area (Å²) in [4.78, 5) is 12.9. The largest absolute Gasteiger partial charge is 0.416 e. The van der Waals surface area contributed by atoms with Crippen LogP contribution in [0.15, 0.2) is 24.3 Å². The average molecular weight is 342 g/mol. The number of likely N-dealkylation sites (N-methyl/N-ethyl adjacent to an activating group) is 1. The van der Waals surface area contributed by atoms with E-state index in [1.807, 2.05) is 6.92 Å². The van der Waals surface area contributed by atoms with Crippen molar-refractivity contribution in [1.82, 2.24) is 10.6 Å². The Morgan fingerprint density at radius 2 is 1.92 bits per heavy atom. The van der Waals surface area contributed by atoms with Crippen molar-refractivity contribution in [2.45, 2.75) is 56.7 Å². The van der Waals surface area contributed by atoms with Gasteiger partial charge in [0.1, 0.15) is 0 Å². The maximum atomic E-state index is 13.1. The van der Waals surface area contributed by atoms with Crippen LogP contribution in [0.5, 0.6) is 0 Å². The molecule has 0 aliphatic heterocycles. The molecule has 2 N–H and O–H groups in total. The van der Waals surface area contributed by atoms with E-state index in [0.717, 1.165) is 31.4 Å². The van der Waals surface area contributed by atoms with Crippen molar-refractivity contribution in [3.8, 4) is 0 Å². The number of halogens is 3. The summed E-state index contributed by atoms with van der Waals surface area (Å²) in [5.41, 5.74) is -1.07. The SMILES string of the molecule is CNC(C)CNC(=O)C1(c2cccc(C(F)(F)F)c2)CCCCC1. The van der Waals surface area contributed by atoms with Gasteiger partial charge in [0.25, 0.3) is 0 Å². The van der Waals surface area contributed by atoms with E-state index in [1.54, 1.807) is 13.1 Å². The zero-order chi connectivity index (χ0) is 17.8. The number of nitrogens with one attached hydrogen (secondary N) is 2. The second kappa shape index (κ2) is 7.55. The van der Waals surface area contributed by atoms with E-state index >= 15 is 0 Å². The van der Waals surface area contributed by atoms with Gasteiger partial charge >= 0.3 is 6.18 Å². The third kappa shape index (κ3) is 4.09. The molecule has 1 aliphatic rings. The first-order valence-corrected chi connectivity index (χ1v) is 8.43. The molecule has 24 heavy (non-hydrogen) atoms. The Balaban J connectivity index is 2.32. The Kier molecular flexibility index (Phi) is 5.91. The van der Waals surface area contributed by atoms with Crippen LogP contribution >= 0.6 is 0 Å². The fourth-order valence-electron chi connectivity index (χ4n) is 3.31. The van der Waals surface area contributed by atoms with Crippen LogP contribution in [0.1, 0.15) is 50.2 Å². The van der Waals surface area contributed by atoms with Gasteiger partial charge in [0.05, 0.1) is 11.0 Å². The summed E-state index contributed by atoms with van der Waals surface area (Å²) >= 11 is 0. The Labute approximate surface area is 141 Å². The first-order chi connectivity index (χ1) is 11.3. The summed E-state index contributed by atoms with van der Waals surface area (Å²) in [6.45, 7) is 2.40. The summed E-state index contributed by atoms with van der Waals surface area (Å²) in [5.74, 6) is -0.163. The molecule has 1 aliphatic carbocycles. The summed E-state index contributed by atoms with van der Waals surface area (Å²) in [6, 6.07) is 5.36. The van der Waals surface area contributed by atoms with Crippen molar-refractivity contribution in [1.29, 1.82) is 0 Å². The molecule has 0 spiro atoms. The van der Waals surface area contributed by atoms with E-state index < -0.39 is 17.2 Å². The highest BCUT2D eigenvalue weighted by Gasteiger charge is 2.42. The van der Waals surface area contributed by atoms with Gasteiger partial charge in [-0.25, -0.2) is 0 Å². The molecule has 1 unspecified atom stereocenters. The fourth-order valence-corrected chi connectivity index (χ4v) is 3.31. The average Bonchev–Trinajstić information content (AvgIpc) is 2.59. The molecule has 1 fully saturated rings. The van der Waals surface area contributed by atoms with Crippen LogP contribution in [-0.4, -0.2) is 25.5 Å². The van der Waals surface area contributed by atoms with E-state index in [9.17, 15) is 18.0 Å². The van der Waals surface area contributed by atoms with Gasteiger partial charge in [-0.2, -0.15) is 13.2 Å². The topological polar surface area (TPSA) is 41.1 Å². The lowest BCUT2D eigenvalue weighted by molar-refractivity contribution is -0.138. The van der Waals surface area contributed by atoms with E-state index in [1.165, 1.54) is 6.07 Å². The van der Waals surface area contributed by atoms with E-state index in [4.69, 9.17) is 0 Å². The first kappa shape index (κ1) is 18.8. The molecule has 1 saturated carbocycles. The Morgan fingerprint density at radius 3 is 2.50 bits per heavy atom. The van der Waals surface area contributed by atoms with Crippen LogP contribution in [0, 0.1) is 0 Å². The number of amides is 1. The molecule has 0 aromatic heterocycles. The molecule has 1 aromatic rings. The molecule has 0 bridgehead atoms. The minimum atomic E-state index is -4.40. The molecule has 1 atom stereocenters. The van der Waals surface area contributed by atoms with Gasteiger partial charge in [-0.15, -0.1) is 0 Å². The molecule has 134 valence electrons. The highest BCUT2D eigenvalue weighted by atomic mass is 19.4. The Bertz CT molecular complexity index is 566. The monoisotopic (exact) mass is 342 g/mol. The lowest BCUT2D eigenvalue weighted by atomic mass is 9.68. The van der Waals surface area contributed by atoms with Crippen molar-refractivity contribution < 1.29 is 18.0 Å². The standard InChI is InChI=1S/C18H25F3N2O/c1-13(22-2)12-23-16(24)17(9-4-3-5-10-17)14-7-6-8-15(11-14)18(19,20)21/h6-8,11,13,22H,3-5,9-10,12H2,1-2H3,(H,23,24). The molecular formula is C18H25F3N2O. The smallest absolute Gasteiger partial charge is 0.354 e. The Hall–Kier alpha value is -1.56. The molecular weight excluding hydrogens is 317 g/mol. The van der Waals surface area contributed by atoms with Crippen molar-refractivity contribution in [3.05, 3.63) is 35.4 Å². The second-order valence-electron chi connectivity index (χ2n) is 6.62. The van der Waals surface area contributed by atoms with Crippen molar-refractivity contribution in [3.63, 3.8) is 0 Å². The molecule has 1 amide bonds. The zero-order valence-corrected chi connectivity index (χ0v) is 14.2. The van der Waals surface area contributed by atoms with Crippen LogP contribution in [-0.2, 0) is 16.4 Å². The van der Waals surface area contributed by atoms with Gasteiger partial charge in [-0.1, -0.05) is 37.5 Å². The number of hydrogen-bond donors (Lipinski definition) is 2. The predicted molar refractivity (Wildman–Crippen MR) is 87.7 cm³/mol. The number of benzene rings is 1. The van der Waals surface area contributed by atoms with E-state index in [2.05, 4.69) is 10.6 Å². The van der Waals surface area contributed by atoms with Crippen molar-refractivity contribution >= 4 is 5.91 Å². The Morgan fingerprint density at radius 1 is 1.25 bits per heavy atom. The minimum Gasteiger partial charge on any atom is -0.354 e. The maximum absolute atomic E-state index is 13.1. The number of alkyl halides is 3. The molecule has 0 heterocycles. The molecule has 0 radical (unpaired) electrons. The van der Waals surface area contributed by atoms with Gasteiger partial charge < -0.3 is 10.6 Å². The van der Waals surface area contributed by atoms with Gasteiger partial charge in [0.15, 0.2) is 0 Å². The van der Waals surface area contributed by atoms with Crippen molar-refractivity contribution in [2.24, 2.45) is 0 Å². The van der Waals surface area contributed by atoms with Crippen LogP contribution in [0.3, 0.4) is 0 Å². The predicted octanol–water partition coefficient (Wildman–Crippen LogP) is 3.63. The van der Waals surface area contributed by atoms with Gasteiger partial charge in [-0.05, 0) is 38.4 Å². The van der Waals surface area contributed by atoms with E-state index in [0.29, 0.717) is 24.9 Å². The molecule has 1 aromatic carbocycles. The third-order valence-electron chi connectivity index (χ3n) is 4.95. The third-order valence-corrected chi connectivity index (χ3v) is 4.95. The van der Waals surface area contributed by atoms with Gasteiger partial charge in [0.2, 0.25) is 5.91 Å². The maximum Gasteiger partial charge on any atom is 0.416 e. The van der Waals surface area contributed by atoms with Crippen LogP contribution in [0.25, 0.3) is 0 Å². The number of hydrogen-bond acceptors (Lipinski definition) is 2. The minimum absolute atomic E-state index is 0.108. The lowest BCUT2D eigenvalue weighted by Crippen LogP contribution is -2.49. The van der Waals surface area contributed by atoms with Crippen LogP contribution in [0.2, 0.25) is 0 Å². The highest BCUT2D eigenvalue weighted by molar-refractivity contribution is 5.88. The molecule has 0 saturated heterocycles. The normalized spacial score (nSPS) is 18.9. The van der Waals surface area contributed by atoms with Crippen molar-refractivity contribution in [2.75, 3.05) is 13.6 Å². The molecule has 6 heteroatoms. The second-order valence-corrected chi connectivity index (χ2v) is 6.62. The van der Waals surface area contributed by atoms with Gasteiger partial charge in [0, 0.05) is 12.6 Å².